The highest BCUT2D eigenvalue weighted by Crippen LogP contribution is 2.18. The van der Waals surface area contributed by atoms with Crippen LogP contribution in [0, 0.1) is 0 Å². The van der Waals surface area contributed by atoms with Gasteiger partial charge in [0.05, 0.1) is 18.3 Å². The van der Waals surface area contributed by atoms with Crippen molar-refractivity contribution in [3.8, 4) is 17.0 Å². The molecule has 0 saturated heterocycles. The van der Waals surface area contributed by atoms with E-state index in [0.717, 1.165) is 16.8 Å². The van der Waals surface area contributed by atoms with E-state index in [2.05, 4.69) is 10.3 Å². The minimum absolute atomic E-state index is 0.0164. The number of hydrogen-bond acceptors (Lipinski definition) is 4. The monoisotopic (exact) mass is 279 g/mol. The number of carbonyl (C=O) groups excluding carboxylic acids is 1. The van der Waals surface area contributed by atoms with Crippen LogP contribution in [0.15, 0.2) is 54.7 Å². The molecule has 104 valence electrons. The molecule has 0 atom stereocenters. The lowest BCUT2D eigenvalue weighted by molar-refractivity contribution is 0.112. The molecule has 0 fully saturated rings. The summed E-state index contributed by atoms with van der Waals surface area (Å²) in [5, 5.41) is 17.7. The first-order valence-electron chi connectivity index (χ1n) is 6.49. The predicted octanol–water partition coefficient (Wildman–Crippen LogP) is 2.51. The lowest BCUT2D eigenvalue weighted by atomic mass is 10.1. The van der Waals surface area contributed by atoms with Crippen molar-refractivity contribution < 1.29 is 9.90 Å². The largest absolute Gasteiger partial charge is 0.507 e. The zero-order chi connectivity index (χ0) is 14.7. The van der Waals surface area contributed by atoms with Gasteiger partial charge in [-0.15, -0.1) is 5.10 Å². The highest BCUT2D eigenvalue weighted by molar-refractivity contribution is 5.79. The molecular weight excluding hydrogens is 266 g/mol. The standard InChI is InChI=1S/C16H13N3O2/c20-11-14-8-12(6-7-16(14)21)9-19-10-15(17-18-19)13-4-2-1-3-5-13/h1-8,10-11,21H,9H2. The SMILES string of the molecule is O=Cc1cc(Cn2cc(-c3ccccc3)nn2)ccc1O. The molecule has 1 aromatic heterocycles. The highest BCUT2D eigenvalue weighted by Gasteiger charge is 2.06. The van der Waals surface area contributed by atoms with E-state index in [-0.39, 0.29) is 11.3 Å². The van der Waals surface area contributed by atoms with Crippen molar-refractivity contribution in [2.45, 2.75) is 6.54 Å². The van der Waals surface area contributed by atoms with Gasteiger partial charge in [0, 0.05) is 5.56 Å². The van der Waals surface area contributed by atoms with Gasteiger partial charge in [0.15, 0.2) is 6.29 Å². The van der Waals surface area contributed by atoms with Gasteiger partial charge in [-0.05, 0) is 17.7 Å². The number of carbonyl (C=O) groups is 1. The molecule has 0 radical (unpaired) electrons. The van der Waals surface area contributed by atoms with Crippen molar-refractivity contribution in [2.75, 3.05) is 0 Å². The molecule has 5 heteroatoms. The van der Waals surface area contributed by atoms with Crippen LogP contribution in [0.2, 0.25) is 0 Å². The van der Waals surface area contributed by atoms with Gasteiger partial charge >= 0.3 is 0 Å². The van der Waals surface area contributed by atoms with Gasteiger partial charge < -0.3 is 5.11 Å². The molecule has 0 spiro atoms. The van der Waals surface area contributed by atoms with E-state index in [9.17, 15) is 9.90 Å². The summed E-state index contributed by atoms with van der Waals surface area (Å²) in [6.07, 6.45) is 2.48. The maximum Gasteiger partial charge on any atom is 0.153 e. The van der Waals surface area contributed by atoms with Gasteiger partial charge in [0.25, 0.3) is 0 Å². The molecule has 5 nitrogen and oxygen atoms in total. The van der Waals surface area contributed by atoms with Crippen molar-refractivity contribution >= 4 is 6.29 Å². The fourth-order valence-electron chi connectivity index (χ4n) is 2.10. The van der Waals surface area contributed by atoms with Crippen LogP contribution in [0.4, 0.5) is 0 Å². The molecule has 1 heterocycles. The summed E-state index contributed by atoms with van der Waals surface area (Å²) in [5.74, 6) is -0.0164. The van der Waals surface area contributed by atoms with Crippen molar-refractivity contribution in [1.82, 2.24) is 15.0 Å². The predicted molar refractivity (Wildman–Crippen MR) is 78.1 cm³/mol. The summed E-state index contributed by atoms with van der Waals surface area (Å²) >= 11 is 0. The first-order valence-corrected chi connectivity index (χ1v) is 6.49. The van der Waals surface area contributed by atoms with Crippen molar-refractivity contribution in [1.29, 1.82) is 0 Å². The maximum absolute atomic E-state index is 10.8. The summed E-state index contributed by atoms with van der Waals surface area (Å²) in [6.45, 7) is 0.487. The van der Waals surface area contributed by atoms with Crippen LogP contribution >= 0.6 is 0 Å². The van der Waals surface area contributed by atoms with E-state index in [0.29, 0.717) is 12.8 Å². The van der Waals surface area contributed by atoms with Gasteiger partial charge in [0.1, 0.15) is 11.4 Å². The Balaban J connectivity index is 1.83. The quantitative estimate of drug-likeness (QED) is 0.745. The maximum atomic E-state index is 10.8. The van der Waals surface area contributed by atoms with E-state index in [1.165, 1.54) is 6.07 Å². The third-order valence-corrected chi connectivity index (χ3v) is 3.17. The molecule has 3 aromatic rings. The van der Waals surface area contributed by atoms with Gasteiger partial charge in [-0.2, -0.15) is 0 Å². The molecule has 0 aliphatic carbocycles. The fraction of sp³-hybridized carbons (Fsp3) is 0.0625. The second-order valence-electron chi connectivity index (χ2n) is 4.68. The number of phenols is 1. The Morgan fingerprint density at radius 1 is 1.14 bits per heavy atom. The summed E-state index contributed by atoms with van der Waals surface area (Å²) in [5.41, 5.74) is 2.95. The number of phenolic OH excluding ortho intramolecular Hbond substituents is 1. The second-order valence-corrected chi connectivity index (χ2v) is 4.68. The van der Waals surface area contributed by atoms with Gasteiger partial charge in [-0.3, -0.25) is 4.79 Å². The fourth-order valence-corrected chi connectivity index (χ4v) is 2.10. The van der Waals surface area contributed by atoms with Crippen LogP contribution in [-0.4, -0.2) is 26.4 Å². The number of nitrogens with zero attached hydrogens (tertiary/aromatic N) is 3. The van der Waals surface area contributed by atoms with Crippen molar-refractivity contribution in [3.63, 3.8) is 0 Å². The lowest BCUT2D eigenvalue weighted by Crippen LogP contribution is -2.01. The molecule has 0 saturated carbocycles. The molecule has 0 aliphatic rings. The molecule has 21 heavy (non-hydrogen) atoms. The minimum atomic E-state index is -0.0164. The summed E-state index contributed by atoms with van der Waals surface area (Å²) in [7, 11) is 0. The molecule has 1 N–H and O–H groups in total. The number of aromatic nitrogens is 3. The number of aldehydes is 1. The first-order chi connectivity index (χ1) is 10.3. The van der Waals surface area contributed by atoms with Crippen molar-refractivity contribution in [2.24, 2.45) is 0 Å². The Labute approximate surface area is 121 Å². The first kappa shape index (κ1) is 13.1. The summed E-state index contributed by atoms with van der Waals surface area (Å²) in [4.78, 5) is 10.8. The Hall–Kier alpha value is -2.95. The Kier molecular flexibility index (Phi) is 3.47. The van der Waals surface area contributed by atoms with Gasteiger partial charge in [-0.1, -0.05) is 41.6 Å². The zero-order valence-corrected chi connectivity index (χ0v) is 11.2. The van der Waals surface area contributed by atoms with Crippen LogP contribution in [0.25, 0.3) is 11.3 Å². The zero-order valence-electron chi connectivity index (χ0n) is 11.2. The van der Waals surface area contributed by atoms with E-state index in [4.69, 9.17) is 0 Å². The lowest BCUT2D eigenvalue weighted by Gasteiger charge is -2.03. The number of rotatable bonds is 4. The molecule has 0 bridgehead atoms. The van der Waals surface area contributed by atoms with E-state index >= 15 is 0 Å². The minimum Gasteiger partial charge on any atom is -0.507 e. The third kappa shape index (κ3) is 2.81. The van der Waals surface area contributed by atoms with Crippen LogP contribution in [-0.2, 0) is 6.54 Å². The van der Waals surface area contributed by atoms with E-state index < -0.39 is 0 Å². The third-order valence-electron chi connectivity index (χ3n) is 3.17. The molecule has 2 aromatic carbocycles. The topological polar surface area (TPSA) is 68.0 Å². The molecule has 3 rings (SSSR count). The smallest absolute Gasteiger partial charge is 0.153 e. The van der Waals surface area contributed by atoms with Crippen LogP contribution in [0.3, 0.4) is 0 Å². The Morgan fingerprint density at radius 2 is 1.95 bits per heavy atom. The number of hydrogen-bond donors (Lipinski definition) is 1. The molecular formula is C16H13N3O2. The van der Waals surface area contributed by atoms with Crippen molar-refractivity contribution in [3.05, 3.63) is 65.9 Å². The average Bonchev–Trinajstić information content (AvgIpc) is 2.98. The molecule has 0 unspecified atom stereocenters. The molecule has 0 amide bonds. The van der Waals surface area contributed by atoms with E-state index in [1.54, 1.807) is 16.8 Å². The number of aromatic hydroxyl groups is 1. The summed E-state index contributed by atoms with van der Waals surface area (Å²) < 4.78 is 1.70. The Bertz CT molecular complexity index is 766. The molecule has 0 aliphatic heterocycles. The van der Waals surface area contributed by atoms with E-state index in [1.807, 2.05) is 36.5 Å². The van der Waals surface area contributed by atoms with Gasteiger partial charge in [-0.25, -0.2) is 4.68 Å². The summed E-state index contributed by atoms with van der Waals surface area (Å²) in [6, 6.07) is 14.7. The normalized spacial score (nSPS) is 10.5. The van der Waals surface area contributed by atoms with Crippen LogP contribution in [0.1, 0.15) is 15.9 Å². The second kappa shape index (κ2) is 5.58. The van der Waals surface area contributed by atoms with Gasteiger partial charge in [0.2, 0.25) is 0 Å². The number of benzene rings is 2. The van der Waals surface area contributed by atoms with Crippen LogP contribution < -0.4 is 0 Å². The highest BCUT2D eigenvalue weighted by atomic mass is 16.3. The Morgan fingerprint density at radius 3 is 2.71 bits per heavy atom. The van der Waals surface area contributed by atoms with Crippen LogP contribution in [0.5, 0.6) is 5.75 Å². The average molecular weight is 279 g/mol.